The lowest BCUT2D eigenvalue weighted by atomic mass is 9.91. The lowest BCUT2D eigenvalue weighted by molar-refractivity contribution is 0.0926. The SMILES string of the molecule is COc1cccc(C(=O)NC2CCC(Nc3nc(C)nc4c3c(C)nn4-c3cccc(C)c3)CC2)c1. The number of nitrogens with zero attached hydrogens (tertiary/aromatic N) is 4. The van der Waals surface area contributed by atoms with Gasteiger partial charge in [-0.1, -0.05) is 18.2 Å². The highest BCUT2D eigenvalue weighted by Gasteiger charge is 2.25. The first-order chi connectivity index (χ1) is 17.4. The van der Waals surface area contributed by atoms with Gasteiger partial charge in [0.15, 0.2) is 5.65 Å². The number of anilines is 1. The van der Waals surface area contributed by atoms with Crippen LogP contribution in [0.1, 0.15) is 53.1 Å². The third-order valence-corrected chi connectivity index (χ3v) is 6.80. The molecule has 8 nitrogen and oxygen atoms in total. The van der Waals surface area contributed by atoms with Crippen molar-refractivity contribution in [3.63, 3.8) is 0 Å². The number of ether oxygens (including phenoxy) is 1. The number of hydrogen-bond donors (Lipinski definition) is 2. The van der Waals surface area contributed by atoms with Crippen molar-refractivity contribution in [1.82, 2.24) is 25.1 Å². The lowest BCUT2D eigenvalue weighted by Gasteiger charge is -2.30. The predicted molar refractivity (Wildman–Crippen MR) is 141 cm³/mol. The van der Waals surface area contributed by atoms with Gasteiger partial charge in [-0.25, -0.2) is 14.6 Å². The molecule has 0 aliphatic heterocycles. The molecular formula is C28H32N6O2. The van der Waals surface area contributed by atoms with Crippen LogP contribution >= 0.6 is 0 Å². The molecule has 1 amide bonds. The summed E-state index contributed by atoms with van der Waals surface area (Å²) in [6, 6.07) is 15.9. The summed E-state index contributed by atoms with van der Waals surface area (Å²) in [4.78, 5) is 22.2. The summed E-state index contributed by atoms with van der Waals surface area (Å²) in [5.41, 5.74) is 4.49. The minimum absolute atomic E-state index is 0.0577. The molecule has 1 aliphatic carbocycles. The molecule has 2 aromatic heterocycles. The smallest absolute Gasteiger partial charge is 0.251 e. The van der Waals surface area contributed by atoms with Crippen molar-refractivity contribution in [2.24, 2.45) is 0 Å². The Bertz CT molecular complexity index is 1400. The Morgan fingerprint density at radius 3 is 2.47 bits per heavy atom. The Kier molecular flexibility index (Phi) is 6.59. The highest BCUT2D eigenvalue weighted by atomic mass is 16.5. The third kappa shape index (κ3) is 4.89. The van der Waals surface area contributed by atoms with Crippen LogP contribution in [0.15, 0.2) is 48.5 Å². The number of fused-ring (bicyclic) bond motifs is 1. The molecular weight excluding hydrogens is 452 g/mol. The molecule has 1 saturated carbocycles. The molecule has 0 spiro atoms. The molecule has 5 rings (SSSR count). The maximum atomic E-state index is 12.7. The van der Waals surface area contributed by atoms with Gasteiger partial charge in [0.05, 0.1) is 23.9 Å². The van der Waals surface area contributed by atoms with Gasteiger partial charge in [0.2, 0.25) is 0 Å². The van der Waals surface area contributed by atoms with Crippen molar-refractivity contribution in [3.8, 4) is 11.4 Å². The quantitative estimate of drug-likeness (QED) is 0.404. The molecule has 0 unspecified atom stereocenters. The van der Waals surface area contributed by atoms with Crippen LogP contribution in [0.4, 0.5) is 5.82 Å². The van der Waals surface area contributed by atoms with E-state index in [1.54, 1.807) is 13.2 Å². The van der Waals surface area contributed by atoms with E-state index in [1.165, 1.54) is 5.56 Å². The van der Waals surface area contributed by atoms with Crippen molar-refractivity contribution in [2.75, 3.05) is 12.4 Å². The van der Waals surface area contributed by atoms with Crippen LogP contribution in [0.25, 0.3) is 16.7 Å². The van der Waals surface area contributed by atoms with Crippen molar-refractivity contribution in [3.05, 3.63) is 71.2 Å². The van der Waals surface area contributed by atoms with Crippen LogP contribution in [0, 0.1) is 20.8 Å². The first-order valence-corrected chi connectivity index (χ1v) is 12.4. The van der Waals surface area contributed by atoms with Crippen molar-refractivity contribution >= 4 is 22.8 Å². The highest BCUT2D eigenvalue weighted by molar-refractivity contribution is 5.94. The third-order valence-electron chi connectivity index (χ3n) is 6.80. The molecule has 0 saturated heterocycles. The Balaban J connectivity index is 1.29. The Hall–Kier alpha value is -3.94. The van der Waals surface area contributed by atoms with E-state index in [2.05, 4.69) is 29.7 Å². The number of amides is 1. The normalized spacial score (nSPS) is 17.7. The summed E-state index contributed by atoms with van der Waals surface area (Å²) in [6.07, 6.45) is 3.70. The van der Waals surface area contributed by atoms with Crippen molar-refractivity contribution in [1.29, 1.82) is 0 Å². The first-order valence-electron chi connectivity index (χ1n) is 12.4. The van der Waals surface area contributed by atoms with Gasteiger partial charge in [-0.05, 0) is 82.3 Å². The summed E-state index contributed by atoms with van der Waals surface area (Å²) >= 11 is 0. The number of carbonyl (C=O) groups excluding carboxylic acids is 1. The number of aromatic nitrogens is 4. The molecule has 2 N–H and O–H groups in total. The Labute approximate surface area is 211 Å². The van der Waals surface area contributed by atoms with Gasteiger partial charge < -0.3 is 15.4 Å². The fourth-order valence-electron chi connectivity index (χ4n) is 4.94. The fraction of sp³-hybridized carbons (Fsp3) is 0.357. The number of benzene rings is 2. The van der Waals surface area contributed by atoms with Crippen LogP contribution in [-0.4, -0.2) is 44.8 Å². The maximum absolute atomic E-state index is 12.7. The van der Waals surface area contributed by atoms with E-state index in [4.69, 9.17) is 19.8 Å². The van der Waals surface area contributed by atoms with E-state index >= 15 is 0 Å². The van der Waals surface area contributed by atoms with Gasteiger partial charge >= 0.3 is 0 Å². The first kappa shape index (κ1) is 23.8. The molecule has 1 fully saturated rings. The standard InChI is InChI=1S/C28H32N6O2/c1-17-7-5-9-23(15-17)34-27-25(18(2)33-34)26(29-19(3)30-27)31-21-11-13-22(14-12-21)32-28(35)20-8-6-10-24(16-20)36-4/h5-10,15-16,21-22H,11-14H2,1-4H3,(H,32,35)(H,29,30,31). The zero-order chi connectivity index (χ0) is 25.2. The van der Waals surface area contributed by atoms with Crippen LogP contribution < -0.4 is 15.4 Å². The van der Waals surface area contributed by atoms with Gasteiger partial charge in [0.25, 0.3) is 5.91 Å². The van der Waals surface area contributed by atoms with Crippen LogP contribution in [0.5, 0.6) is 5.75 Å². The average Bonchev–Trinajstić information content (AvgIpc) is 3.21. The van der Waals surface area contributed by atoms with Gasteiger partial charge in [-0.3, -0.25) is 4.79 Å². The molecule has 36 heavy (non-hydrogen) atoms. The van der Waals surface area contributed by atoms with Crippen molar-refractivity contribution in [2.45, 2.75) is 58.5 Å². The predicted octanol–water partition coefficient (Wildman–Crippen LogP) is 4.90. The summed E-state index contributed by atoms with van der Waals surface area (Å²) in [5, 5.41) is 12.6. The number of aryl methyl sites for hydroxylation is 3. The van der Waals surface area contributed by atoms with Crippen molar-refractivity contribution < 1.29 is 9.53 Å². The molecule has 8 heteroatoms. The van der Waals surface area contributed by atoms with E-state index in [0.29, 0.717) is 17.1 Å². The number of carbonyl (C=O) groups is 1. The summed E-state index contributed by atoms with van der Waals surface area (Å²) in [7, 11) is 1.60. The van der Waals surface area contributed by atoms with Crippen LogP contribution in [0.2, 0.25) is 0 Å². The van der Waals surface area contributed by atoms with E-state index in [9.17, 15) is 4.79 Å². The summed E-state index contributed by atoms with van der Waals surface area (Å²) in [5.74, 6) is 2.16. The second-order valence-electron chi connectivity index (χ2n) is 9.55. The molecule has 4 aromatic rings. The fourth-order valence-corrected chi connectivity index (χ4v) is 4.94. The summed E-state index contributed by atoms with van der Waals surface area (Å²) < 4.78 is 7.15. The number of methoxy groups -OCH3 is 1. The van der Waals surface area contributed by atoms with Gasteiger partial charge in [-0.2, -0.15) is 5.10 Å². The molecule has 186 valence electrons. The minimum Gasteiger partial charge on any atom is -0.497 e. The van der Waals surface area contributed by atoms with Gasteiger partial charge in [0, 0.05) is 17.6 Å². The Morgan fingerprint density at radius 2 is 1.72 bits per heavy atom. The summed E-state index contributed by atoms with van der Waals surface area (Å²) in [6.45, 7) is 5.99. The molecule has 0 bridgehead atoms. The highest BCUT2D eigenvalue weighted by Crippen LogP contribution is 2.29. The molecule has 2 heterocycles. The van der Waals surface area contributed by atoms with Crippen LogP contribution in [0.3, 0.4) is 0 Å². The Morgan fingerprint density at radius 1 is 0.972 bits per heavy atom. The number of rotatable bonds is 6. The number of hydrogen-bond acceptors (Lipinski definition) is 6. The van der Waals surface area contributed by atoms with E-state index in [-0.39, 0.29) is 18.0 Å². The maximum Gasteiger partial charge on any atom is 0.251 e. The zero-order valence-electron chi connectivity index (χ0n) is 21.2. The molecule has 0 atom stereocenters. The van der Waals surface area contributed by atoms with Gasteiger partial charge in [0.1, 0.15) is 17.4 Å². The second kappa shape index (κ2) is 9.97. The van der Waals surface area contributed by atoms with Crippen LogP contribution in [-0.2, 0) is 0 Å². The molecule has 0 radical (unpaired) electrons. The molecule has 1 aliphatic rings. The monoisotopic (exact) mass is 484 g/mol. The van der Waals surface area contributed by atoms with E-state index < -0.39 is 0 Å². The minimum atomic E-state index is -0.0577. The largest absolute Gasteiger partial charge is 0.497 e. The average molecular weight is 485 g/mol. The van der Waals surface area contributed by atoms with E-state index in [0.717, 1.165) is 53.9 Å². The van der Waals surface area contributed by atoms with E-state index in [1.807, 2.05) is 48.9 Å². The second-order valence-corrected chi connectivity index (χ2v) is 9.55. The number of nitrogens with one attached hydrogen (secondary N) is 2. The zero-order valence-corrected chi connectivity index (χ0v) is 21.2. The lowest BCUT2D eigenvalue weighted by Crippen LogP contribution is -2.40. The molecule has 2 aromatic carbocycles. The van der Waals surface area contributed by atoms with Gasteiger partial charge in [-0.15, -0.1) is 0 Å². The topological polar surface area (TPSA) is 94.0 Å².